The highest BCUT2D eigenvalue weighted by atomic mass is 19.1. The number of carbonyl (C=O) groups is 1. The Hall–Kier alpha value is -2.31. The van der Waals surface area contributed by atoms with E-state index in [1.807, 2.05) is 19.1 Å². The maximum atomic E-state index is 13.7. The number of carbonyl (C=O) groups excluding carboxylic acids is 1. The molecule has 1 atom stereocenters. The van der Waals surface area contributed by atoms with Crippen LogP contribution in [0.1, 0.15) is 24.5 Å². The van der Waals surface area contributed by atoms with E-state index in [0.717, 1.165) is 44.7 Å². The third-order valence-corrected chi connectivity index (χ3v) is 5.28. The molecule has 1 aliphatic rings. The van der Waals surface area contributed by atoms with E-state index < -0.39 is 0 Å². The quantitative estimate of drug-likeness (QED) is 0.827. The van der Waals surface area contributed by atoms with Gasteiger partial charge in [0.15, 0.2) is 0 Å². The van der Waals surface area contributed by atoms with Crippen LogP contribution in [0.15, 0.2) is 48.5 Å². The van der Waals surface area contributed by atoms with Crippen LogP contribution in [0, 0.1) is 11.6 Å². The van der Waals surface area contributed by atoms with Gasteiger partial charge in [-0.25, -0.2) is 8.78 Å². The smallest absolute Gasteiger partial charge is 0.237 e. The average molecular weight is 387 g/mol. The zero-order valence-electron chi connectivity index (χ0n) is 16.2. The Morgan fingerprint density at radius 1 is 1.04 bits per heavy atom. The number of amides is 1. The van der Waals surface area contributed by atoms with Gasteiger partial charge < -0.3 is 5.32 Å². The van der Waals surface area contributed by atoms with E-state index >= 15 is 0 Å². The van der Waals surface area contributed by atoms with Crippen LogP contribution in [0.5, 0.6) is 0 Å². The lowest BCUT2D eigenvalue weighted by molar-refractivity contribution is -0.126. The minimum absolute atomic E-state index is 0.0877. The minimum Gasteiger partial charge on any atom is -0.351 e. The van der Waals surface area contributed by atoms with E-state index in [0.29, 0.717) is 5.56 Å². The van der Waals surface area contributed by atoms with Crippen molar-refractivity contribution in [2.45, 2.75) is 32.5 Å². The molecule has 28 heavy (non-hydrogen) atoms. The Bertz CT molecular complexity index is 782. The van der Waals surface area contributed by atoms with Gasteiger partial charge in [0.1, 0.15) is 11.6 Å². The van der Waals surface area contributed by atoms with Crippen molar-refractivity contribution in [2.75, 3.05) is 26.2 Å². The number of nitrogens with one attached hydrogen (secondary N) is 1. The van der Waals surface area contributed by atoms with Gasteiger partial charge in [0.25, 0.3) is 0 Å². The highest BCUT2D eigenvalue weighted by molar-refractivity contribution is 5.81. The molecule has 150 valence electrons. The summed E-state index contributed by atoms with van der Waals surface area (Å²) in [5, 5.41) is 2.84. The first-order valence-electron chi connectivity index (χ1n) is 9.75. The lowest BCUT2D eigenvalue weighted by atomic mass is 10.2. The number of nitrogens with zero attached hydrogens (tertiary/aromatic N) is 2. The third-order valence-electron chi connectivity index (χ3n) is 5.28. The first kappa shape index (κ1) is 20.4. The van der Waals surface area contributed by atoms with Gasteiger partial charge in [0.2, 0.25) is 5.91 Å². The van der Waals surface area contributed by atoms with Crippen molar-refractivity contribution in [3.05, 3.63) is 71.3 Å². The zero-order valence-corrected chi connectivity index (χ0v) is 16.2. The van der Waals surface area contributed by atoms with Crippen LogP contribution in [-0.2, 0) is 17.9 Å². The molecule has 1 heterocycles. The summed E-state index contributed by atoms with van der Waals surface area (Å²) < 4.78 is 26.8. The number of hydrogen-bond donors (Lipinski definition) is 1. The summed E-state index contributed by atoms with van der Waals surface area (Å²) in [5.74, 6) is -0.613. The van der Waals surface area contributed by atoms with Crippen molar-refractivity contribution in [3.63, 3.8) is 0 Å². The van der Waals surface area contributed by atoms with Gasteiger partial charge in [-0.2, -0.15) is 0 Å². The minimum atomic E-state index is -0.304. The van der Waals surface area contributed by atoms with Gasteiger partial charge >= 0.3 is 0 Å². The fourth-order valence-electron chi connectivity index (χ4n) is 3.52. The molecule has 0 saturated carbocycles. The molecule has 0 aliphatic carbocycles. The van der Waals surface area contributed by atoms with Crippen LogP contribution in [0.3, 0.4) is 0 Å². The SMILES string of the molecule is C[C@@H](C(=O)NCc1ccccc1F)N1CCCN(Cc2ccc(F)cc2)CC1. The second-order valence-corrected chi connectivity index (χ2v) is 7.28. The van der Waals surface area contributed by atoms with Gasteiger partial charge in [-0.1, -0.05) is 30.3 Å². The molecule has 1 saturated heterocycles. The molecule has 1 amide bonds. The van der Waals surface area contributed by atoms with Gasteiger partial charge in [0, 0.05) is 38.3 Å². The highest BCUT2D eigenvalue weighted by Gasteiger charge is 2.24. The van der Waals surface area contributed by atoms with E-state index in [1.54, 1.807) is 18.2 Å². The molecule has 2 aromatic carbocycles. The molecule has 0 radical (unpaired) electrons. The van der Waals surface area contributed by atoms with E-state index in [1.165, 1.54) is 18.2 Å². The summed E-state index contributed by atoms with van der Waals surface area (Å²) >= 11 is 0. The summed E-state index contributed by atoms with van der Waals surface area (Å²) in [7, 11) is 0. The van der Waals surface area contributed by atoms with E-state index in [2.05, 4.69) is 15.1 Å². The largest absolute Gasteiger partial charge is 0.351 e. The first-order chi connectivity index (χ1) is 13.5. The fraction of sp³-hybridized carbons (Fsp3) is 0.409. The molecule has 4 nitrogen and oxygen atoms in total. The molecule has 2 aromatic rings. The molecule has 0 unspecified atom stereocenters. The van der Waals surface area contributed by atoms with Gasteiger partial charge in [-0.05, 0) is 43.7 Å². The standard InChI is InChI=1S/C22H27F2N3O/c1-17(22(28)25-15-19-5-2-3-6-21(19)24)27-12-4-11-26(13-14-27)16-18-7-9-20(23)10-8-18/h2-3,5-10,17H,4,11-16H2,1H3,(H,25,28)/t17-/m0/s1. The third kappa shape index (κ3) is 5.59. The molecule has 6 heteroatoms. The van der Waals surface area contributed by atoms with Crippen molar-refractivity contribution < 1.29 is 13.6 Å². The lowest BCUT2D eigenvalue weighted by Crippen LogP contribution is -2.46. The summed E-state index contributed by atoms with van der Waals surface area (Å²) in [4.78, 5) is 17.0. The molecular formula is C22H27F2N3O. The lowest BCUT2D eigenvalue weighted by Gasteiger charge is -2.27. The molecule has 0 spiro atoms. The van der Waals surface area contributed by atoms with Crippen LogP contribution in [0.25, 0.3) is 0 Å². The van der Waals surface area contributed by atoms with Crippen molar-refractivity contribution in [1.29, 1.82) is 0 Å². The van der Waals surface area contributed by atoms with E-state index in [9.17, 15) is 13.6 Å². The number of rotatable bonds is 6. The van der Waals surface area contributed by atoms with Crippen molar-refractivity contribution in [2.24, 2.45) is 0 Å². The summed E-state index contributed by atoms with van der Waals surface area (Å²) in [6.07, 6.45) is 0.964. The van der Waals surface area contributed by atoms with Crippen LogP contribution in [0.4, 0.5) is 8.78 Å². The van der Waals surface area contributed by atoms with E-state index in [-0.39, 0.29) is 30.1 Å². The summed E-state index contributed by atoms with van der Waals surface area (Å²) in [6.45, 7) is 6.29. The zero-order chi connectivity index (χ0) is 19.9. The Balaban J connectivity index is 1.49. The Kier molecular flexibility index (Phi) is 7.12. The topological polar surface area (TPSA) is 35.6 Å². The van der Waals surface area contributed by atoms with Crippen LogP contribution < -0.4 is 5.32 Å². The van der Waals surface area contributed by atoms with Crippen molar-refractivity contribution in [1.82, 2.24) is 15.1 Å². The Labute approximate surface area is 165 Å². The summed E-state index contributed by atoms with van der Waals surface area (Å²) in [6, 6.07) is 12.8. The summed E-state index contributed by atoms with van der Waals surface area (Å²) in [5.41, 5.74) is 1.58. The second-order valence-electron chi connectivity index (χ2n) is 7.28. The van der Waals surface area contributed by atoms with Gasteiger partial charge in [0.05, 0.1) is 6.04 Å². The van der Waals surface area contributed by atoms with Gasteiger partial charge in [-0.3, -0.25) is 14.6 Å². The second kappa shape index (κ2) is 9.75. The molecule has 0 aromatic heterocycles. The maximum absolute atomic E-state index is 13.7. The molecule has 1 fully saturated rings. The molecule has 0 bridgehead atoms. The molecular weight excluding hydrogens is 360 g/mol. The monoisotopic (exact) mass is 387 g/mol. The maximum Gasteiger partial charge on any atom is 0.237 e. The number of hydrogen-bond acceptors (Lipinski definition) is 3. The van der Waals surface area contributed by atoms with Crippen LogP contribution in [-0.4, -0.2) is 47.9 Å². The normalized spacial score (nSPS) is 17.1. The highest BCUT2D eigenvalue weighted by Crippen LogP contribution is 2.12. The van der Waals surface area contributed by atoms with Crippen LogP contribution >= 0.6 is 0 Å². The predicted molar refractivity (Wildman–Crippen MR) is 106 cm³/mol. The van der Waals surface area contributed by atoms with Crippen LogP contribution in [0.2, 0.25) is 0 Å². The Morgan fingerprint density at radius 2 is 1.79 bits per heavy atom. The molecule has 1 N–H and O–H groups in total. The predicted octanol–water partition coefficient (Wildman–Crippen LogP) is 3.18. The van der Waals surface area contributed by atoms with Gasteiger partial charge in [-0.15, -0.1) is 0 Å². The number of benzene rings is 2. The first-order valence-corrected chi connectivity index (χ1v) is 9.75. The molecule has 3 rings (SSSR count). The molecule has 1 aliphatic heterocycles. The fourth-order valence-corrected chi connectivity index (χ4v) is 3.52. The van der Waals surface area contributed by atoms with E-state index in [4.69, 9.17) is 0 Å². The number of halogens is 2. The Morgan fingerprint density at radius 3 is 2.54 bits per heavy atom. The average Bonchev–Trinajstić information content (AvgIpc) is 2.94. The van der Waals surface area contributed by atoms with Crippen molar-refractivity contribution in [3.8, 4) is 0 Å². The van der Waals surface area contributed by atoms with Crippen molar-refractivity contribution >= 4 is 5.91 Å².